The van der Waals surface area contributed by atoms with Gasteiger partial charge in [-0.15, -0.1) is 5.10 Å². The first-order valence-electron chi connectivity index (χ1n) is 8.29. The molecule has 0 bridgehead atoms. The predicted molar refractivity (Wildman–Crippen MR) is 93.0 cm³/mol. The van der Waals surface area contributed by atoms with Crippen molar-refractivity contribution in [2.24, 2.45) is 0 Å². The fraction of sp³-hybridized carbons (Fsp3) is 0.353. The number of fused-ring (bicyclic) bond motifs is 1. The number of amides is 1. The molecule has 3 aromatic rings. The van der Waals surface area contributed by atoms with Crippen LogP contribution in [-0.4, -0.2) is 37.6 Å². The highest BCUT2D eigenvalue weighted by atomic mass is 19.4. The number of aryl methyl sites for hydroxylation is 2. The van der Waals surface area contributed by atoms with E-state index in [0.29, 0.717) is 28.5 Å². The number of methoxy groups -OCH3 is 1. The number of rotatable bonds is 5. The molecule has 8 nitrogen and oxygen atoms in total. The zero-order valence-electron chi connectivity index (χ0n) is 15.3. The summed E-state index contributed by atoms with van der Waals surface area (Å²) in [4.78, 5) is 23.8. The molecule has 1 amide bonds. The van der Waals surface area contributed by atoms with Gasteiger partial charge in [0.1, 0.15) is 0 Å². The van der Waals surface area contributed by atoms with Crippen molar-refractivity contribution in [2.45, 2.75) is 32.9 Å². The Hall–Kier alpha value is -3.24. The maximum atomic E-state index is 12.8. The van der Waals surface area contributed by atoms with E-state index in [2.05, 4.69) is 25.4 Å². The highest BCUT2D eigenvalue weighted by molar-refractivity contribution is 5.91. The molecule has 1 N–H and O–H groups in total. The van der Waals surface area contributed by atoms with Crippen molar-refractivity contribution in [3.8, 4) is 5.75 Å². The minimum absolute atomic E-state index is 0.0788. The van der Waals surface area contributed by atoms with Gasteiger partial charge in [0.15, 0.2) is 11.6 Å². The van der Waals surface area contributed by atoms with Crippen molar-refractivity contribution in [1.29, 1.82) is 0 Å². The smallest absolute Gasteiger partial charge is 0.453 e. The number of aromatic nitrogens is 5. The number of halogens is 3. The third-order valence-corrected chi connectivity index (χ3v) is 4.15. The van der Waals surface area contributed by atoms with E-state index < -0.39 is 12.0 Å². The van der Waals surface area contributed by atoms with Gasteiger partial charge in [-0.1, -0.05) is 0 Å². The van der Waals surface area contributed by atoms with E-state index in [-0.39, 0.29) is 24.5 Å². The molecule has 0 saturated heterocycles. The van der Waals surface area contributed by atoms with Crippen molar-refractivity contribution in [2.75, 3.05) is 12.4 Å². The molecule has 148 valence electrons. The van der Waals surface area contributed by atoms with E-state index in [1.807, 2.05) is 0 Å². The van der Waals surface area contributed by atoms with Crippen LogP contribution in [0.5, 0.6) is 5.75 Å². The van der Waals surface area contributed by atoms with Gasteiger partial charge in [0.2, 0.25) is 5.91 Å². The van der Waals surface area contributed by atoms with Gasteiger partial charge in [-0.25, -0.2) is 14.5 Å². The van der Waals surface area contributed by atoms with Gasteiger partial charge in [-0.2, -0.15) is 18.2 Å². The average molecular weight is 394 g/mol. The molecule has 0 atom stereocenters. The molecule has 0 aliphatic heterocycles. The summed E-state index contributed by atoms with van der Waals surface area (Å²) in [6, 6.07) is 3.34. The Morgan fingerprint density at radius 1 is 1.29 bits per heavy atom. The second-order valence-electron chi connectivity index (χ2n) is 6.01. The van der Waals surface area contributed by atoms with Crippen molar-refractivity contribution >= 4 is 17.5 Å². The molecule has 11 heteroatoms. The topological polar surface area (TPSA) is 94.3 Å². The van der Waals surface area contributed by atoms with Crippen LogP contribution in [0.15, 0.2) is 18.3 Å². The fourth-order valence-corrected chi connectivity index (χ4v) is 2.77. The number of carbonyl (C=O) groups excluding carboxylic acids is 1. The van der Waals surface area contributed by atoms with Gasteiger partial charge >= 0.3 is 6.18 Å². The number of nitrogens with zero attached hydrogens (tertiary/aromatic N) is 5. The van der Waals surface area contributed by atoms with E-state index in [0.717, 1.165) is 4.52 Å². The van der Waals surface area contributed by atoms with Crippen LogP contribution in [0, 0.1) is 13.8 Å². The predicted octanol–water partition coefficient (Wildman–Crippen LogP) is 2.73. The molecule has 28 heavy (non-hydrogen) atoms. The van der Waals surface area contributed by atoms with Crippen molar-refractivity contribution in [1.82, 2.24) is 24.6 Å². The van der Waals surface area contributed by atoms with Gasteiger partial charge in [0, 0.05) is 24.0 Å². The molecule has 3 heterocycles. The van der Waals surface area contributed by atoms with Crippen LogP contribution < -0.4 is 10.1 Å². The summed E-state index contributed by atoms with van der Waals surface area (Å²) in [6.45, 7) is 3.27. The SMILES string of the molecule is COc1cccnc1NC(=O)CCc1c(C)nc2nc(C(F)(F)F)nn2c1C. The van der Waals surface area contributed by atoms with E-state index in [1.165, 1.54) is 13.3 Å². The lowest BCUT2D eigenvalue weighted by Crippen LogP contribution is -2.15. The lowest BCUT2D eigenvalue weighted by Gasteiger charge is -2.11. The zero-order valence-corrected chi connectivity index (χ0v) is 15.3. The maximum absolute atomic E-state index is 12.8. The van der Waals surface area contributed by atoms with Crippen LogP contribution in [0.3, 0.4) is 0 Å². The number of alkyl halides is 3. The van der Waals surface area contributed by atoms with Crippen molar-refractivity contribution < 1.29 is 22.7 Å². The fourth-order valence-electron chi connectivity index (χ4n) is 2.77. The van der Waals surface area contributed by atoms with Gasteiger partial charge in [0.05, 0.1) is 7.11 Å². The molecule has 0 radical (unpaired) electrons. The quantitative estimate of drug-likeness (QED) is 0.715. The Kier molecular flexibility index (Phi) is 5.16. The minimum atomic E-state index is -4.66. The highest BCUT2D eigenvalue weighted by Crippen LogP contribution is 2.27. The Morgan fingerprint density at radius 3 is 2.71 bits per heavy atom. The number of ether oxygens (including phenoxy) is 1. The molecule has 3 rings (SSSR count). The molecule has 0 fully saturated rings. The van der Waals surface area contributed by atoms with Crippen LogP contribution >= 0.6 is 0 Å². The van der Waals surface area contributed by atoms with E-state index in [1.54, 1.807) is 26.0 Å². The summed E-state index contributed by atoms with van der Waals surface area (Å²) in [6.07, 6.45) is -2.79. The molecule has 3 aromatic heterocycles. The summed E-state index contributed by atoms with van der Waals surface area (Å²) in [5.41, 5.74) is 1.58. The second kappa shape index (κ2) is 7.41. The van der Waals surface area contributed by atoms with Crippen LogP contribution in [0.25, 0.3) is 5.78 Å². The van der Waals surface area contributed by atoms with Crippen LogP contribution in [0.2, 0.25) is 0 Å². The first-order valence-corrected chi connectivity index (χ1v) is 8.29. The first-order chi connectivity index (χ1) is 13.2. The van der Waals surface area contributed by atoms with E-state index in [4.69, 9.17) is 4.74 Å². The summed E-state index contributed by atoms with van der Waals surface area (Å²) in [5, 5.41) is 6.15. The normalized spacial score (nSPS) is 11.6. The zero-order chi connectivity index (χ0) is 20.5. The lowest BCUT2D eigenvalue weighted by atomic mass is 10.1. The molecule has 0 spiro atoms. The highest BCUT2D eigenvalue weighted by Gasteiger charge is 2.36. The molecular formula is C17H17F3N6O2. The number of anilines is 1. The number of nitrogens with one attached hydrogen (secondary N) is 1. The van der Waals surface area contributed by atoms with Crippen LogP contribution in [-0.2, 0) is 17.4 Å². The Bertz CT molecular complexity index is 1030. The van der Waals surface area contributed by atoms with Gasteiger partial charge in [0.25, 0.3) is 11.6 Å². The van der Waals surface area contributed by atoms with E-state index >= 15 is 0 Å². The molecule has 0 aliphatic carbocycles. The number of pyridine rings is 1. The summed E-state index contributed by atoms with van der Waals surface area (Å²) >= 11 is 0. The monoisotopic (exact) mass is 394 g/mol. The molecule has 0 saturated carbocycles. The first kappa shape index (κ1) is 19.5. The molecule has 0 unspecified atom stereocenters. The third-order valence-electron chi connectivity index (χ3n) is 4.15. The Labute approximate surface area is 157 Å². The van der Waals surface area contributed by atoms with Crippen molar-refractivity contribution in [3.05, 3.63) is 41.1 Å². The van der Waals surface area contributed by atoms with Gasteiger partial charge < -0.3 is 10.1 Å². The Morgan fingerprint density at radius 2 is 2.04 bits per heavy atom. The minimum Gasteiger partial charge on any atom is -0.493 e. The molecule has 0 aliphatic rings. The lowest BCUT2D eigenvalue weighted by molar-refractivity contribution is -0.144. The largest absolute Gasteiger partial charge is 0.493 e. The molecule has 0 aromatic carbocycles. The number of hydrogen-bond acceptors (Lipinski definition) is 6. The second-order valence-corrected chi connectivity index (χ2v) is 6.01. The Balaban J connectivity index is 1.79. The summed E-state index contributed by atoms with van der Waals surface area (Å²) in [5.74, 6) is -0.976. The molecular weight excluding hydrogens is 377 g/mol. The third kappa shape index (κ3) is 3.87. The van der Waals surface area contributed by atoms with Crippen LogP contribution in [0.1, 0.15) is 29.2 Å². The number of hydrogen-bond donors (Lipinski definition) is 1. The van der Waals surface area contributed by atoms with Gasteiger partial charge in [-0.3, -0.25) is 4.79 Å². The standard InChI is InChI=1S/C17H17F3N6O2/c1-9-11(6-7-13(27)23-14-12(28-3)5-4-8-21-14)10(2)26-16(22-9)24-15(25-26)17(18,19)20/h4-5,8H,6-7H2,1-3H3,(H,21,23,27). The van der Waals surface area contributed by atoms with E-state index in [9.17, 15) is 18.0 Å². The maximum Gasteiger partial charge on any atom is 0.453 e. The summed E-state index contributed by atoms with van der Waals surface area (Å²) < 4.78 is 44.7. The van der Waals surface area contributed by atoms with Crippen molar-refractivity contribution in [3.63, 3.8) is 0 Å². The summed E-state index contributed by atoms with van der Waals surface area (Å²) in [7, 11) is 1.47. The van der Waals surface area contributed by atoms with Gasteiger partial charge in [-0.05, 0) is 38.0 Å². The average Bonchev–Trinajstić information content (AvgIpc) is 3.06. The van der Waals surface area contributed by atoms with Crippen LogP contribution in [0.4, 0.5) is 19.0 Å². The number of carbonyl (C=O) groups is 1.